The molecule has 0 aliphatic rings. The molecule has 1 N–H and O–H groups in total. The van der Waals surface area contributed by atoms with E-state index in [2.05, 4.69) is 15.5 Å². The predicted octanol–water partition coefficient (Wildman–Crippen LogP) is 4.00. The normalized spacial score (nSPS) is 9.88. The summed E-state index contributed by atoms with van der Waals surface area (Å²) in [6.07, 6.45) is 0. The minimum absolute atomic E-state index is 0.228. The summed E-state index contributed by atoms with van der Waals surface area (Å²) in [6.45, 7) is 2.32. The Labute approximate surface area is 148 Å². The van der Waals surface area contributed by atoms with E-state index in [1.807, 2.05) is 43.3 Å². The number of rotatable bonds is 5. The molecule has 1 aromatic heterocycles. The molecule has 2 aromatic carbocycles. The first-order valence-corrected chi connectivity index (χ1v) is 8.23. The summed E-state index contributed by atoms with van der Waals surface area (Å²) < 4.78 is 6.99. The zero-order valence-corrected chi connectivity index (χ0v) is 14.2. The summed E-state index contributed by atoms with van der Waals surface area (Å²) in [5, 5.41) is 22.0. The maximum absolute atomic E-state index is 8.67. The molecule has 25 heavy (non-hydrogen) atoms. The van der Waals surface area contributed by atoms with Crippen LogP contribution in [0, 0.1) is 29.6 Å². The van der Waals surface area contributed by atoms with E-state index in [0.29, 0.717) is 12.3 Å². The van der Waals surface area contributed by atoms with E-state index in [4.69, 9.17) is 15.3 Å². The van der Waals surface area contributed by atoms with Crippen LogP contribution in [0.2, 0.25) is 0 Å². The summed E-state index contributed by atoms with van der Waals surface area (Å²) in [7, 11) is 0. The number of anilines is 1. The van der Waals surface area contributed by atoms with Gasteiger partial charge in [-0.3, -0.25) is 5.43 Å². The maximum Gasteiger partial charge on any atom is 0.237 e. The molecule has 0 saturated carbocycles. The number of thiazole rings is 1. The molecule has 0 amide bonds. The highest BCUT2D eigenvalue weighted by atomic mass is 32.1. The van der Waals surface area contributed by atoms with Crippen LogP contribution in [0.5, 0.6) is 5.75 Å². The van der Waals surface area contributed by atoms with Crippen molar-refractivity contribution < 1.29 is 4.74 Å². The molecule has 3 rings (SSSR count). The van der Waals surface area contributed by atoms with Crippen LogP contribution in [-0.2, 0) is 6.61 Å². The van der Waals surface area contributed by atoms with Crippen LogP contribution < -0.4 is 10.2 Å². The fraction of sp³-hybridized carbons (Fsp3) is 0.111. The van der Waals surface area contributed by atoms with Crippen LogP contribution in [0.4, 0.5) is 5.69 Å². The zero-order chi connectivity index (χ0) is 17.6. The number of fused-ring (bicyclic) bond motifs is 1. The van der Waals surface area contributed by atoms with Crippen molar-refractivity contribution in [2.75, 3.05) is 5.43 Å². The second kappa shape index (κ2) is 7.43. The lowest BCUT2D eigenvalue weighted by Gasteiger charge is -2.09. The molecule has 0 fully saturated rings. The van der Waals surface area contributed by atoms with Crippen molar-refractivity contribution in [2.45, 2.75) is 13.5 Å². The van der Waals surface area contributed by atoms with Gasteiger partial charge in [0.25, 0.3) is 0 Å². The molecular formula is C18H13N5OS. The van der Waals surface area contributed by atoms with Crippen LogP contribution in [0.25, 0.3) is 10.2 Å². The van der Waals surface area contributed by atoms with Gasteiger partial charge in [-0.25, -0.2) is 4.98 Å². The average Bonchev–Trinajstić information content (AvgIpc) is 3.04. The minimum Gasteiger partial charge on any atom is -0.486 e. The molecule has 122 valence electrons. The number of hydrogen-bond acceptors (Lipinski definition) is 7. The summed E-state index contributed by atoms with van der Waals surface area (Å²) in [4.78, 5) is 4.54. The van der Waals surface area contributed by atoms with Crippen molar-refractivity contribution in [1.82, 2.24) is 4.98 Å². The molecule has 1 heterocycles. The second-order valence-corrected chi connectivity index (χ2v) is 6.26. The Morgan fingerprint density at radius 2 is 2.04 bits per heavy atom. The number of para-hydroxylation sites is 1. The van der Waals surface area contributed by atoms with Gasteiger partial charge in [-0.15, -0.1) is 11.3 Å². The molecule has 0 atom stereocenters. The first kappa shape index (κ1) is 16.4. The lowest BCUT2D eigenvalue weighted by atomic mass is 10.2. The van der Waals surface area contributed by atoms with E-state index in [1.54, 1.807) is 29.5 Å². The molecule has 3 aromatic rings. The van der Waals surface area contributed by atoms with Gasteiger partial charge in [-0.2, -0.15) is 15.6 Å². The Balaban J connectivity index is 1.68. The van der Waals surface area contributed by atoms with Crippen molar-refractivity contribution in [1.29, 1.82) is 10.5 Å². The van der Waals surface area contributed by atoms with Gasteiger partial charge in [-0.05, 0) is 42.8 Å². The highest BCUT2D eigenvalue weighted by Crippen LogP contribution is 2.26. The van der Waals surface area contributed by atoms with E-state index in [0.717, 1.165) is 26.5 Å². The smallest absolute Gasteiger partial charge is 0.237 e. The van der Waals surface area contributed by atoms with Crippen LogP contribution >= 0.6 is 11.3 Å². The van der Waals surface area contributed by atoms with Gasteiger partial charge in [0.1, 0.15) is 29.5 Å². The van der Waals surface area contributed by atoms with Crippen molar-refractivity contribution in [3.05, 3.63) is 53.0 Å². The molecular weight excluding hydrogens is 334 g/mol. The first-order valence-electron chi connectivity index (χ1n) is 7.41. The molecule has 0 aliphatic heterocycles. The average molecular weight is 347 g/mol. The largest absolute Gasteiger partial charge is 0.486 e. The molecule has 7 heteroatoms. The van der Waals surface area contributed by atoms with E-state index in [1.165, 1.54) is 0 Å². The number of hydrazone groups is 1. The molecule has 0 spiro atoms. The monoisotopic (exact) mass is 347 g/mol. The third kappa shape index (κ3) is 3.92. The molecule has 0 unspecified atom stereocenters. The van der Waals surface area contributed by atoms with Gasteiger partial charge >= 0.3 is 0 Å². The fourth-order valence-corrected chi connectivity index (χ4v) is 3.08. The topological polar surface area (TPSA) is 94.1 Å². The Morgan fingerprint density at radius 3 is 2.76 bits per heavy atom. The molecule has 0 saturated heterocycles. The number of benzene rings is 2. The summed E-state index contributed by atoms with van der Waals surface area (Å²) >= 11 is 1.61. The highest BCUT2D eigenvalue weighted by molar-refractivity contribution is 7.18. The SMILES string of the molecule is Cc1cc(NN=C(C#N)C#N)ccc1OCc1nc2ccccc2s1. The van der Waals surface area contributed by atoms with Crippen molar-refractivity contribution >= 4 is 33.0 Å². The Kier molecular flexibility index (Phi) is 4.89. The Hall–Kier alpha value is -3.42. The van der Waals surface area contributed by atoms with Gasteiger partial charge in [-0.1, -0.05) is 12.1 Å². The van der Waals surface area contributed by atoms with Crippen LogP contribution in [0.1, 0.15) is 10.6 Å². The number of nitriles is 2. The lowest BCUT2D eigenvalue weighted by Crippen LogP contribution is -1.99. The standard InChI is InChI=1S/C18H13N5OS/c1-12-8-13(22-23-14(9-19)10-20)6-7-16(12)24-11-18-21-15-4-2-3-5-17(15)25-18/h2-8,22H,11H2,1H3. The van der Waals surface area contributed by atoms with Crippen molar-refractivity contribution in [2.24, 2.45) is 5.10 Å². The highest BCUT2D eigenvalue weighted by Gasteiger charge is 2.06. The van der Waals surface area contributed by atoms with E-state index < -0.39 is 0 Å². The number of hydrogen-bond donors (Lipinski definition) is 1. The number of nitrogens with zero attached hydrogens (tertiary/aromatic N) is 4. The van der Waals surface area contributed by atoms with Crippen molar-refractivity contribution in [3.8, 4) is 17.9 Å². The predicted molar refractivity (Wildman–Crippen MR) is 97.4 cm³/mol. The van der Waals surface area contributed by atoms with Crippen LogP contribution in [0.15, 0.2) is 47.6 Å². The Bertz CT molecular complexity index is 977. The Morgan fingerprint density at radius 1 is 1.24 bits per heavy atom. The van der Waals surface area contributed by atoms with E-state index in [-0.39, 0.29) is 5.71 Å². The van der Waals surface area contributed by atoms with Crippen LogP contribution in [-0.4, -0.2) is 10.7 Å². The van der Waals surface area contributed by atoms with Gasteiger partial charge in [0.2, 0.25) is 5.71 Å². The number of nitrogens with one attached hydrogen (secondary N) is 1. The van der Waals surface area contributed by atoms with Crippen LogP contribution in [0.3, 0.4) is 0 Å². The van der Waals surface area contributed by atoms with Crippen molar-refractivity contribution in [3.63, 3.8) is 0 Å². The summed E-state index contributed by atoms with van der Waals surface area (Å²) in [6, 6.07) is 16.8. The summed E-state index contributed by atoms with van der Waals surface area (Å²) in [5.74, 6) is 0.745. The van der Waals surface area contributed by atoms with Gasteiger partial charge < -0.3 is 4.74 Å². The molecule has 0 radical (unpaired) electrons. The molecule has 0 aliphatic carbocycles. The van der Waals surface area contributed by atoms with E-state index >= 15 is 0 Å². The number of aromatic nitrogens is 1. The van der Waals surface area contributed by atoms with Gasteiger partial charge in [0.05, 0.1) is 15.9 Å². The lowest BCUT2D eigenvalue weighted by molar-refractivity contribution is 0.304. The summed E-state index contributed by atoms with van der Waals surface area (Å²) in [5.41, 5.74) is 5.02. The molecule has 0 bridgehead atoms. The number of aryl methyl sites for hydroxylation is 1. The molecule has 6 nitrogen and oxygen atoms in total. The fourth-order valence-electron chi connectivity index (χ4n) is 2.20. The van der Waals surface area contributed by atoms with Gasteiger partial charge in [0, 0.05) is 0 Å². The van der Waals surface area contributed by atoms with E-state index in [9.17, 15) is 0 Å². The zero-order valence-electron chi connectivity index (χ0n) is 13.4. The maximum atomic E-state index is 8.67. The first-order chi connectivity index (χ1) is 12.2. The second-order valence-electron chi connectivity index (χ2n) is 5.14. The third-order valence-corrected chi connectivity index (χ3v) is 4.38. The number of ether oxygens (including phenoxy) is 1. The van der Waals surface area contributed by atoms with Gasteiger partial charge in [0.15, 0.2) is 0 Å². The quantitative estimate of drug-likeness (QED) is 0.556. The third-order valence-electron chi connectivity index (χ3n) is 3.37. The minimum atomic E-state index is -0.228.